The first-order valence-corrected chi connectivity index (χ1v) is 15.0. The molecule has 1 atom stereocenters. The van der Waals surface area contributed by atoms with E-state index in [-0.39, 0.29) is 35.0 Å². The molecule has 2 aliphatic rings. The van der Waals surface area contributed by atoms with Crippen LogP contribution in [0.2, 0.25) is 10.0 Å². The molecule has 2 heterocycles. The lowest BCUT2D eigenvalue weighted by Gasteiger charge is -2.44. The van der Waals surface area contributed by atoms with Crippen LogP contribution >= 0.6 is 23.2 Å². The van der Waals surface area contributed by atoms with E-state index in [4.69, 9.17) is 32.7 Å². The number of methoxy groups -OCH3 is 2. The van der Waals surface area contributed by atoms with Gasteiger partial charge in [-0.05, 0) is 67.5 Å². The summed E-state index contributed by atoms with van der Waals surface area (Å²) in [6.45, 7) is 5.27. The molecule has 2 aromatic carbocycles. The van der Waals surface area contributed by atoms with Gasteiger partial charge in [0.15, 0.2) is 11.5 Å². The molecule has 2 aromatic rings. The van der Waals surface area contributed by atoms with Crippen molar-refractivity contribution in [1.29, 1.82) is 0 Å². The second-order valence-corrected chi connectivity index (χ2v) is 13.0. The van der Waals surface area contributed by atoms with Gasteiger partial charge in [0, 0.05) is 19.6 Å². The third-order valence-corrected chi connectivity index (χ3v) is 10.0. The second kappa shape index (κ2) is 11.6. The quantitative estimate of drug-likeness (QED) is 0.465. The van der Waals surface area contributed by atoms with E-state index in [2.05, 4.69) is 19.2 Å². The van der Waals surface area contributed by atoms with Crippen molar-refractivity contribution < 1.29 is 22.7 Å². The number of hydrogen-bond donors (Lipinski definition) is 1. The number of hydrogen-bond acceptors (Lipinski definition) is 6. The zero-order valence-electron chi connectivity index (χ0n) is 22.2. The van der Waals surface area contributed by atoms with Crippen LogP contribution in [0.1, 0.15) is 38.7 Å². The van der Waals surface area contributed by atoms with Crippen molar-refractivity contribution in [3.63, 3.8) is 0 Å². The first-order chi connectivity index (χ1) is 18.0. The van der Waals surface area contributed by atoms with Crippen LogP contribution in [0.3, 0.4) is 0 Å². The monoisotopic (exact) mass is 583 g/mol. The fourth-order valence-corrected chi connectivity index (χ4v) is 7.22. The summed E-state index contributed by atoms with van der Waals surface area (Å²) in [4.78, 5) is 15.6. The van der Waals surface area contributed by atoms with Crippen molar-refractivity contribution in [2.24, 2.45) is 5.92 Å². The number of sulfonamides is 1. The van der Waals surface area contributed by atoms with E-state index in [0.717, 1.165) is 12.0 Å². The average Bonchev–Trinajstić information content (AvgIpc) is 3.13. The number of nitrogens with zero attached hydrogens (tertiary/aromatic N) is 2. The zero-order chi connectivity index (χ0) is 27.7. The molecule has 0 unspecified atom stereocenters. The number of ether oxygens (including phenoxy) is 2. The molecule has 8 nitrogen and oxygen atoms in total. The molecule has 0 radical (unpaired) electrons. The normalized spacial score (nSPS) is 19.9. The highest BCUT2D eigenvalue weighted by atomic mass is 35.5. The van der Waals surface area contributed by atoms with Crippen molar-refractivity contribution in [3.8, 4) is 11.5 Å². The van der Waals surface area contributed by atoms with E-state index in [1.54, 1.807) is 14.2 Å². The molecule has 2 fully saturated rings. The highest BCUT2D eigenvalue weighted by Gasteiger charge is 2.52. The molecule has 2 aliphatic heterocycles. The fourth-order valence-electron chi connectivity index (χ4n) is 5.39. The minimum Gasteiger partial charge on any atom is -0.493 e. The Morgan fingerprint density at radius 1 is 1.03 bits per heavy atom. The third kappa shape index (κ3) is 5.77. The molecule has 0 bridgehead atoms. The smallest absolute Gasteiger partial charge is 0.243 e. The molecule has 38 heavy (non-hydrogen) atoms. The van der Waals surface area contributed by atoms with Gasteiger partial charge in [-0.15, -0.1) is 0 Å². The topological polar surface area (TPSA) is 88.2 Å². The van der Waals surface area contributed by atoms with Crippen LogP contribution in [0.25, 0.3) is 0 Å². The van der Waals surface area contributed by atoms with Gasteiger partial charge < -0.3 is 14.4 Å². The molecule has 11 heteroatoms. The standard InChI is InChI=1S/C27H35Cl2N3O5S/c1-18(2)15-23-26(33)32(12-9-19-5-8-24(36-3)25(16-19)37-4)27(30-23)10-13-31(14-11-27)38(34,35)20-6-7-21(28)22(29)17-20/h5-8,16-18,23,30H,9-15H2,1-4H3/t23-/m0/s1. The first-order valence-electron chi connectivity index (χ1n) is 12.8. The van der Waals surface area contributed by atoms with Crippen molar-refractivity contribution >= 4 is 39.1 Å². The summed E-state index contributed by atoms with van der Waals surface area (Å²) in [5, 5.41) is 4.11. The van der Waals surface area contributed by atoms with Gasteiger partial charge in [0.05, 0.1) is 40.9 Å². The molecule has 0 saturated carbocycles. The number of nitrogens with one attached hydrogen (secondary N) is 1. The van der Waals surface area contributed by atoms with E-state index >= 15 is 0 Å². The lowest BCUT2D eigenvalue weighted by atomic mass is 9.96. The number of benzene rings is 2. The molecule has 1 N–H and O–H groups in total. The van der Waals surface area contributed by atoms with Crippen LogP contribution in [0.4, 0.5) is 0 Å². The van der Waals surface area contributed by atoms with E-state index < -0.39 is 15.7 Å². The Bertz CT molecular complexity index is 1280. The van der Waals surface area contributed by atoms with Crippen LogP contribution in [0.15, 0.2) is 41.3 Å². The van der Waals surface area contributed by atoms with Gasteiger partial charge >= 0.3 is 0 Å². The zero-order valence-corrected chi connectivity index (χ0v) is 24.5. The van der Waals surface area contributed by atoms with Gasteiger partial charge in [-0.3, -0.25) is 10.1 Å². The van der Waals surface area contributed by atoms with E-state index in [1.165, 1.54) is 22.5 Å². The van der Waals surface area contributed by atoms with Crippen molar-refractivity contribution in [1.82, 2.24) is 14.5 Å². The molecule has 1 spiro atoms. The van der Waals surface area contributed by atoms with Gasteiger partial charge in [-0.2, -0.15) is 4.31 Å². The Hall–Kier alpha value is -2.04. The predicted octanol–water partition coefficient (Wildman–Crippen LogP) is 4.58. The number of rotatable bonds is 9. The largest absolute Gasteiger partial charge is 0.493 e. The van der Waals surface area contributed by atoms with Crippen LogP contribution in [-0.2, 0) is 21.2 Å². The molecule has 1 amide bonds. The van der Waals surface area contributed by atoms with E-state index in [0.29, 0.717) is 48.2 Å². The summed E-state index contributed by atoms with van der Waals surface area (Å²) in [6.07, 6.45) is 2.33. The Morgan fingerprint density at radius 2 is 1.71 bits per heavy atom. The summed E-state index contributed by atoms with van der Waals surface area (Å²) < 4.78 is 38.9. The van der Waals surface area contributed by atoms with E-state index in [9.17, 15) is 13.2 Å². The van der Waals surface area contributed by atoms with Crippen LogP contribution in [-0.4, -0.2) is 69.1 Å². The Labute approximate surface area is 235 Å². The maximum Gasteiger partial charge on any atom is 0.243 e. The van der Waals surface area contributed by atoms with Gasteiger partial charge in [0.25, 0.3) is 0 Å². The number of piperidine rings is 1. The van der Waals surface area contributed by atoms with Crippen molar-refractivity contribution in [2.45, 2.75) is 56.1 Å². The minimum atomic E-state index is -3.75. The minimum absolute atomic E-state index is 0.0694. The van der Waals surface area contributed by atoms with Crippen LogP contribution < -0.4 is 14.8 Å². The van der Waals surface area contributed by atoms with Gasteiger partial charge in [0.2, 0.25) is 15.9 Å². The summed E-state index contributed by atoms with van der Waals surface area (Å²) in [6, 6.07) is 9.82. The maximum absolute atomic E-state index is 13.6. The molecule has 208 valence electrons. The molecule has 0 aliphatic carbocycles. The summed E-state index contributed by atoms with van der Waals surface area (Å²) in [7, 11) is -0.553. The SMILES string of the molecule is COc1ccc(CCN2C(=O)[C@H](CC(C)C)NC23CCN(S(=O)(=O)c2ccc(Cl)c(Cl)c2)CC3)cc1OC. The van der Waals surface area contributed by atoms with Gasteiger partial charge in [0.1, 0.15) is 0 Å². The van der Waals surface area contributed by atoms with Crippen molar-refractivity contribution in [2.75, 3.05) is 33.9 Å². The maximum atomic E-state index is 13.6. The Kier molecular flexibility index (Phi) is 8.84. The van der Waals surface area contributed by atoms with E-state index in [1.807, 2.05) is 23.1 Å². The number of amides is 1. The lowest BCUT2D eigenvalue weighted by Crippen LogP contribution is -2.59. The lowest BCUT2D eigenvalue weighted by molar-refractivity contribution is -0.133. The summed E-state index contributed by atoms with van der Waals surface area (Å²) in [5.74, 6) is 1.71. The van der Waals surface area contributed by atoms with Crippen molar-refractivity contribution in [3.05, 3.63) is 52.0 Å². The Balaban J connectivity index is 1.53. The highest BCUT2D eigenvalue weighted by molar-refractivity contribution is 7.89. The second-order valence-electron chi connectivity index (χ2n) is 10.3. The molecule has 2 saturated heterocycles. The predicted molar refractivity (Wildman–Crippen MR) is 149 cm³/mol. The fraction of sp³-hybridized carbons (Fsp3) is 0.519. The van der Waals surface area contributed by atoms with Gasteiger partial charge in [-0.1, -0.05) is 43.1 Å². The molecule has 4 rings (SSSR count). The van der Waals surface area contributed by atoms with Crippen LogP contribution in [0.5, 0.6) is 11.5 Å². The average molecular weight is 585 g/mol. The van der Waals surface area contributed by atoms with Crippen LogP contribution in [0, 0.1) is 5.92 Å². The number of halogens is 2. The first kappa shape index (κ1) is 29.0. The number of carbonyl (C=O) groups excluding carboxylic acids is 1. The highest BCUT2D eigenvalue weighted by Crippen LogP contribution is 2.37. The number of carbonyl (C=O) groups is 1. The molecular weight excluding hydrogens is 549 g/mol. The summed E-state index contributed by atoms with van der Waals surface area (Å²) in [5.41, 5.74) is 0.425. The Morgan fingerprint density at radius 3 is 2.32 bits per heavy atom. The third-order valence-electron chi connectivity index (χ3n) is 7.38. The van der Waals surface area contributed by atoms with Gasteiger partial charge in [-0.25, -0.2) is 8.42 Å². The summed E-state index contributed by atoms with van der Waals surface area (Å²) >= 11 is 12.1. The molecular formula is C27H35Cl2N3O5S. The molecule has 0 aromatic heterocycles.